The molecule has 1 aliphatic rings. The minimum atomic E-state index is -4.16. The maximum atomic E-state index is 11.7. The van der Waals surface area contributed by atoms with Gasteiger partial charge in [-0.05, 0) is 51.2 Å². The molecule has 0 aromatic heterocycles. The molecule has 7 heteroatoms. The Morgan fingerprint density at radius 2 is 2.00 bits per heavy atom. The number of amides is 1. The first-order chi connectivity index (χ1) is 10.5. The van der Waals surface area contributed by atoms with Crippen molar-refractivity contribution in [1.82, 2.24) is 5.32 Å². The number of rotatable bonds is 4. The van der Waals surface area contributed by atoms with Crippen molar-refractivity contribution in [2.24, 2.45) is 0 Å². The Labute approximate surface area is 137 Å². The van der Waals surface area contributed by atoms with E-state index in [1.54, 1.807) is 45.0 Å². The third kappa shape index (κ3) is 4.03. The highest BCUT2D eigenvalue weighted by molar-refractivity contribution is 7.86. The summed E-state index contributed by atoms with van der Waals surface area (Å²) >= 11 is 0. The molecule has 1 aliphatic carbocycles. The molecule has 128 valence electrons. The molecular formula is C16H23NO5S. The van der Waals surface area contributed by atoms with Crippen LogP contribution in [-0.2, 0) is 26.1 Å². The highest BCUT2D eigenvalue weighted by Gasteiger charge is 2.49. The molecule has 0 spiro atoms. The van der Waals surface area contributed by atoms with Crippen LogP contribution in [0, 0.1) is 0 Å². The van der Waals surface area contributed by atoms with Gasteiger partial charge >= 0.3 is 6.09 Å². The maximum Gasteiger partial charge on any atom is 0.407 e. The Morgan fingerprint density at radius 3 is 2.48 bits per heavy atom. The summed E-state index contributed by atoms with van der Waals surface area (Å²) < 4.78 is 37.0. The third-order valence-electron chi connectivity index (χ3n) is 3.94. The van der Waals surface area contributed by atoms with E-state index >= 15 is 0 Å². The van der Waals surface area contributed by atoms with Gasteiger partial charge in [-0.3, -0.25) is 4.55 Å². The van der Waals surface area contributed by atoms with Crippen molar-refractivity contribution in [2.75, 3.05) is 0 Å². The van der Waals surface area contributed by atoms with Crippen LogP contribution >= 0.6 is 0 Å². The van der Waals surface area contributed by atoms with Gasteiger partial charge in [-0.1, -0.05) is 24.3 Å². The average molecular weight is 341 g/mol. The Bertz CT molecular complexity index is 687. The largest absolute Gasteiger partial charge is 0.444 e. The number of hydrogen-bond acceptors (Lipinski definition) is 4. The van der Waals surface area contributed by atoms with Gasteiger partial charge < -0.3 is 10.1 Å². The van der Waals surface area contributed by atoms with Gasteiger partial charge in [-0.15, -0.1) is 0 Å². The highest BCUT2D eigenvalue weighted by atomic mass is 32.2. The molecule has 0 radical (unpaired) electrons. The third-order valence-corrected chi connectivity index (χ3v) is 5.58. The molecule has 2 N–H and O–H groups in total. The highest BCUT2D eigenvalue weighted by Crippen LogP contribution is 2.47. The van der Waals surface area contributed by atoms with Crippen LogP contribution in [-0.4, -0.2) is 24.7 Å². The van der Waals surface area contributed by atoms with Crippen LogP contribution < -0.4 is 5.32 Å². The summed E-state index contributed by atoms with van der Waals surface area (Å²) in [6.07, 6.45) is 1.06. The molecule has 1 amide bonds. The van der Waals surface area contributed by atoms with E-state index in [1.807, 2.05) is 0 Å². The van der Waals surface area contributed by atoms with Crippen LogP contribution in [0.1, 0.15) is 51.2 Å². The van der Waals surface area contributed by atoms with Gasteiger partial charge in [0.15, 0.2) is 0 Å². The summed E-state index contributed by atoms with van der Waals surface area (Å²) in [5, 5.41) is 2.64. The second-order valence-electron chi connectivity index (χ2n) is 6.88. The summed E-state index contributed by atoms with van der Waals surface area (Å²) in [6, 6.07) is 6.93. The van der Waals surface area contributed by atoms with Gasteiger partial charge in [-0.2, -0.15) is 8.42 Å². The molecule has 0 atom stereocenters. The van der Waals surface area contributed by atoms with E-state index in [0.29, 0.717) is 18.4 Å². The van der Waals surface area contributed by atoms with E-state index in [-0.39, 0.29) is 6.54 Å². The topological polar surface area (TPSA) is 92.7 Å². The molecule has 0 unspecified atom stereocenters. The monoisotopic (exact) mass is 341 g/mol. The van der Waals surface area contributed by atoms with Gasteiger partial charge in [0.1, 0.15) is 10.3 Å². The minimum Gasteiger partial charge on any atom is -0.444 e. The summed E-state index contributed by atoms with van der Waals surface area (Å²) in [5.41, 5.74) is 0.741. The van der Waals surface area contributed by atoms with Gasteiger partial charge in [0.25, 0.3) is 10.1 Å². The van der Waals surface area contributed by atoms with Crippen LogP contribution in [0.5, 0.6) is 0 Å². The quantitative estimate of drug-likeness (QED) is 0.821. The molecule has 1 aromatic rings. The fourth-order valence-electron chi connectivity index (χ4n) is 2.65. The summed E-state index contributed by atoms with van der Waals surface area (Å²) in [6.45, 7) is 5.56. The van der Waals surface area contributed by atoms with Crippen molar-refractivity contribution in [3.63, 3.8) is 0 Å². The van der Waals surface area contributed by atoms with Gasteiger partial charge in [0.2, 0.25) is 0 Å². The smallest absolute Gasteiger partial charge is 0.407 e. The van der Waals surface area contributed by atoms with Crippen LogP contribution in [0.15, 0.2) is 24.3 Å². The van der Waals surface area contributed by atoms with Gasteiger partial charge in [-0.25, -0.2) is 4.79 Å². The number of nitrogens with one attached hydrogen (secondary N) is 1. The van der Waals surface area contributed by atoms with Crippen molar-refractivity contribution in [3.8, 4) is 0 Å². The Kier molecular flexibility index (Phi) is 4.73. The molecule has 1 saturated carbocycles. The van der Waals surface area contributed by atoms with E-state index in [0.717, 1.165) is 12.0 Å². The number of benzene rings is 1. The first-order valence-corrected chi connectivity index (χ1v) is 9.01. The molecule has 1 aromatic carbocycles. The average Bonchev–Trinajstić information content (AvgIpc) is 2.31. The summed E-state index contributed by atoms with van der Waals surface area (Å²) in [5.74, 6) is 0. The number of carbonyl (C=O) groups excluding carboxylic acids is 1. The molecule has 2 rings (SSSR count). The maximum absolute atomic E-state index is 11.7. The van der Waals surface area contributed by atoms with Crippen LogP contribution in [0.2, 0.25) is 0 Å². The standard InChI is InChI=1S/C16H23NO5S/c1-15(2,3)22-14(18)17-11-12-6-4-7-13(10-12)16(8-5-9-16)23(19,20)21/h4,6-7,10H,5,8-9,11H2,1-3H3,(H,17,18)(H,19,20,21). The predicted octanol–water partition coefficient (Wildman–Crippen LogP) is 2.98. The molecule has 23 heavy (non-hydrogen) atoms. The van der Waals surface area contributed by atoms with Crippen molar-refractivity contribution in [3.05, 3.63) is 35.4 Å². The first kappa shape index (κ1) is 17.7. The predicted molar refractivity (Wildman–Crippen MR) is 86.6 cm³/mol. The van der Waals surface area contributed by atoms with E-state index in [4.69, 9.17) is 4.74 Å². The fraction of sp³-hybridized carbons (Fsp3) is 0.562. The normalized spacial score (nSPS) is 17.2. The Hall–Kier alpha value is -1.60. The summed E-state index contributed by atoms with van der Waals surface area (Å²) in [4.78, 5) is 11.7. The second-order valence-corrected chi connectivity index (χ2v) is 8.61. The number of carbonyl (C=O) groups is 1. The molecule has 0 heterocycles. The summed E-state index contributed by atoms with van der Waals surface area (Å²) in [7, 11) is -4.16. The van der Waals surface area contributed by atoms with Gasteiger partial charge in [0, 0.05) is 6.54 Å². The van der Waals surface area contributed by atoms with E-state index in [1.165, 1.54) is 0 Å². The molecule has 0 saturated heterocycles. The molecule has 6 nitrogen and oxygen atoms in total. The molecule has 0 aliphatic heterocycles. The fourth-order valence-corrected chi connectivity index (χ4v) is 3.88. The number of hydrogen-bond donors (Lipinski definition) is 2. The van der Waals surface area contributed by atoms with Crippen LogP contribution in [0.25, 0.3) is 0 Å². The van der Waals surface area contributed by atoms with E-state index in [2.05, 4.69) is 5.32 Å². The Morgan fingerprint density at radius 1 is 1.35 bits per heavy atom. The second kappa shape index (κ2) is 6.13. The van der Waals surface area contributed by atoms with Crippen molar-refractivity contribution >= 4 is 16.2 Å². The van der Waals surface area contributed by atoms with E-state index < -0.39 is 26.6 Å². The molecule has 1 fully saturated rings. The lowest BCUT2D eigenvalue weighted by Crippen LogP contribution is -2.42. The lowest BCUT2D eigenvalue weighted by atomic mass is 9.78. The van der Waals surface area contributed by atoms with E-state index in [9.17, 15) is 17.8 Å². The zero-order valence-corrected chi connectivity index (χ0v) is 14.4. The first-order valence-electron chi connectivity index (χ1n) is 7.57. The van der Waals surface area contributed by atoms with Crippen LogP contribution in [0.3, 0.4) is 0 Å². The zero-order valence-electron chi connectivity index (χ0n) is 13.6. The lowest BCUT2D eigenvalue weighted by molar-refractivity contribution is 0.0523. The van der Waals surface area contributed by atoms with Crippen molar-refractivity contribution < 1.29 is 22.5 Å². The number of alkyl carbamates (subject to hydrolysis) is 1. The molecule has 0 bridgehead atoms. The van der Waals surface area contributed by atoms with Gasteiger partial charge in [0.05, 0.1) is 0 Å². The zero-order chi connectivity index (χ0) is 17.3. The minimum absolute atomic E-state index is 0.226. The molecular weight excluding hydrogens is 318 g/mol. The SMILES string of the molecule is CC(C)(C)OC(=O)NCc1cccc(C2(S(=O)(=O)O)CCC2)c1. The number of ether oxygens (including phenoxy) is 1. The van der Waals surface area contributed by atoms with Crippen molar-refractivity contribution in [1.29, 1.82) is 0 Å². The lowest BCUT2D eigenvalue weighted by Gasteiger charge is -2.39. The van der Waals surface area contributed by atoms with Crippen LogP contribution in [0.4, 0.5) is 4.79 Å². The van der Waals surface area contributed by atoms with Crippen molar-refractivity contribution in [2.45, 2.75) is 56.9 Å². The Balaban J connectivity index is 2.11.